The van der Waals surface area contributed by atoms with Crippen LogP contribution in [0.15, 0.2) is 22.2 Å². The van der Waals surface area contributed by atoms with E-state index in [-0.39, 0.29) is 6.04 Å². The average Bonchev–Trinajstić information content (AvgIpc) is 2.82. The van der Waals surface area contributed by atoms with E-state index in [1.165, 1.54) is 0 Å². The number of esters is 1. The minimum Gasteiger partial charge on any atom is -0.463 e. The van der Waals surface area contributed by atoms with Crippen LogP contribution in [0.2, 0.25) is 0 Å². The molecule has 0 aromatic rings. The maximum Gasteiger partial charge on any atom is 0.411 e. The first-order valence-electron chi connectivity index (χ1n) is 6.52. The Bertz CT molecular complexity index is 504. The second kappa shape index (κ2) is 5.24. The van der Waals surface area contributed by atoms with E-state index in [0.29, 0.717) is 16.7 Å². The van der Waals surface area contributed by atoms with Crippen LogP contribution in [0.4, 0.5) is 4.79 Å². The summed E-state index contributed by atoms with van der Waals surface area (Å²) in [4.78, 5) is 25.8. The first kappa shape index (κ1) is 15.1. The third-order valence-electron chi connectivity index (χ3n) is 2.99. The van der Waals surface area contributed by atoms with E-state index >= 15 is 0 Å². The van der Waals surface area contributed by atoms with Gasteiger partial charge in [0.15, 0.2) is 0 Å². The van der Waals surface area contributed by atoms with Crippen LogP contribution < -0.4 is 0 Å². The summed E-state index contributed by atoms with van der Waals surface area (Å²) in [5, 5.41) is 0. The molecule has 5 nitrogen and oxygen atoms in total. The maximum atomic E-state index is 12.3. The van der Waals surface area contributed by atoms with E-state index < -0.39 is 23.7 Å². The van der Waals surface area contributed by atoms with Crippen molar-refractivity contribution >= 4 is 28.0 Å². The van der Waals surface area contributed by atoms with E-state index in [1.807, 2.05) is 32.9 Å². The van der Waals surface area contributed by atoms with Crippen molar-refractivity contribution in [1.82, 2.24) is 4.90 Å². The van der Waals surface area contributed by atoms with Crippen molar-refractivity contribution in [3.05, 3.63) is 22.2 Å². The Kier molecular flexibility index (Phi) is 3.95. The number of carbonyl (C=O) groups excluding carboxylic acids is 2. The summed E-state index contributed by atoms with van der Waals surface area (Å²) in [6, 6.07) is -0.697. The minimum absolute atomic E-state index is 0.283. The molecule has 0 unspecified atom stereocenters. The third kappa shape index (κ3) is 2.61. The number of ether oxygens (including phenoxy) is 2. The van der Waals surface area contributed by atoms with Crippen molar-refractivity contribution in [3.63, 3.8) is 0 Å². The lowest BCUT2D eigenvalue weighted by Gasteiger charge is -2.28. The quantitative estimate of drug-likeness (QED) is 0.571. The van der Waals surface area contributed by atoms with Crippen molar-refractivity contribution in [2.24, 2.45) is 0 Å². The summed E-state index contributed by atoms with van der Waals surface area (Å²) in [5.41, 5.74) is -0.0967. The van der Waals surface area contributed by atoms with Crippen molar-refractivity contribution in [2.45, 2.75) is 45.4 Å². The van der Waals surface area contributed by atoms with Gasteiger partial charge in [0.2, 0.25) is 0 Å². The molecular weight excluding hydrogens is 326 g/mol. The standard InChI is InChI=1S/C14H18BrNO4/c1-5-19-12(17)10-8-6-7-9(11(10)15)16(8)13(18)20-14(2,3)4/h6-9H,5H2,1-4H3/t8-,9-/m0/s1. The number of carbonyl (C=O) groups is 2. The molecular formula is C14H18BrNO4. The van der Waals surface area contributed by atoms with Gasteiger partial charge in [-0.2, -0.15) is 0 Å². The lowest BCUT2D eigenvalue weighted by molar-refractivity contribution is -0.138. The van der Waals surface area contributed by atoms with Gasteiger partial charge in [-0.25, -0.2) is 9.59 Å². The van der Waals surface area contributed by atoms with Crippen LogP contribution in [-0.2, 0) is 14.3 Å². The number of amides is 1. The van der Waals surface area contributed by atoms with Gasteiger partial charge in [-0.3, -0.25) is 4.90 Å². The van der Waals surface area contributed by atoms with E-state index in [9.17, 15) is 9.59 Å². The number of hydrogen-bond donors (Lipinski definition) is 0. The summed E-state index contributed by atoms with van der Waals surface area (Å²) in [5.74, 6) is -0.398. The predicted molar refractivity (Wildman–Crippen MR) is 77.4 cm³/mol. The van der Waals surface area contributed by atoms with Gasteiger partial charge in [0.05, 0.1) is 24.3 Å². The van der Waals surface area contributed by atoms with Gasteiger partial charge in [0.25, 0.3) is 0 Å². The summed E-state index contributed by atoms with van der Waals surface area (Å²) in [6.07, 6.45) is 3.27. The van der Waals surface area contributed by atoms with E-state index in [0.717, 1.165) is 0 Å². The Morgan fingerprint density at radius 2 is 1.90 bits per heavy atom. The van der Waals surface area contributed by atoms with Gasteiger partial charge in [-0.15, -0.1) is 0 Å². The Balaban J connectivity index is 2.19. The lowest BCUT2D eigenvalue weighted by atomic mass is 10.1. The van der Waals surface area contributed by atoms with Gasteiger partial charge >= 0.3 is 12.1 Å². The second-order valence-corrected chi connectivity index (χ2v) is 6.50. The zero-order valence-electron chi connectivity index (χ0n) is 12.0. The van der Waals surface area contributed by atoms with Gasteiger partial charge in [0.1, 0.15) is 5.60 Å². The number of hydrogen-bond acceptors (Lipinski definition) is 4. The molecule has 0 radical (unpaired) electrons. The normalized spacial score (nSPS) is 24.4. The molecule has 20 heavy (non-hydrogen) atoms. The summed E-state index contributed by atoms with van der Waals surface area (Å²) in [7, 11) is 0. The Hall–Kier alpha value is -1.30. The number of halogens is 1. The van der Waals surface area contributed by atoms with E-state index in [2.05, 4.69) is 15.9 Å². The van der Waals surface area contributed by atoms with E-state index in [1.54, 1.807) is 11.8 Å². The molecule has 0 aliphatic carbocycles. The molecule has 2 heterocycles. The molecule has 2 rings (SSSR count). The largest absolute Gasteiger partial charge is 0.463 e. The zero-order chi connectivity index (χ0) is 15.1. The second-order valence-electron chi connectivity index (χ2n) is 5.64. The van der Waals surface area contributed by atoms with Crippen molar-refractivity contribution in [3.8, 4) is 0 Å². The number of rotatable bonds is 2. The summed E-state index contributed by atoms with van der Waals surface area (Å²) in [6.45, 7) is 7.48. The molecule has 6 heteroatoms. The molecule has 2 atom stereocenters. The fourth-order valence-electron chi connectivity index (χ4n) is 2.28. The van der Waals surface area contributed by atoms with Gasteiger partial charge in [0, 0.05) is 4.48 Å². The van der Waals surface area contributed by atoms with Crippen LogP contribution in [0.5, 0.6) is 0 Å². The van der Waals surface area contributed by atoms with Gasteiger partial charge in [-0.1, -0.05) is 28.1 Å². The van der Waals surface area contributed by atoms with Crippen molar-refractivity contribution in [1.29, 1.82) is 0 Å². The molecule has 2 aliphatic heterocycles. The molecule has 110 valence electrons. The highest BCUT2D eigenvalue weighted by atomic mass is 79.9. The highest BCUT2D eigenvalue weighted by Crippen LogP contribution is 2.41. The Morgan fingerprint density at radius 3 is 2.45 bits per heavy atom. The fraction of sp³-hybridized carbons (Fsp3) is 0.571. The first-order chi connectivity index (χ1) is 9.26. The minimum atomic E-state index is -0.574. The molecule has 0 aromatic heterocycles. The van der Waals surface area contributed by atoms with Crippen LogP contribution >= 0.6 is 15.9 Å². The van der Waals surface area contributed by atoms with Gasteiger partial charge < -0.3 is 9.47 Å². The summed E-state index contributed by atoms with van der Waals surface area (Å²) >= 11 is 3.40. The van der Waals surface area contributed by atoms with Gasteiger partial charge in [-0.05, 0) is 27.7 Å². The monoisotopic (exact) mass is 343 g/mol. The third-order valence-corrected chi connectivity index (χ3v) is 3.88. The molecule has 0 aromatic carbocycles. The molecule has 0 N–H and O–H groups in total. The Labute approximate surface area is 126 Å². The van der Waals surface area contributed by atoms with Crippen molar-refractivity contribution in [2.75, 3.05) is 6.61 Å². The maximum absolute atomic E-state index is 12.3. The van der Waals surface area contributed by atoms with Crippen LogP contribution in [0.25, 0.3) is 0 Å². The van der Waals surface area contributed by atoms with Crippen LogP contribution in [0, 0.1) is 0 Å². The van der Waals surface area contributed by atoms with E-state index in [4.69, 9.17) is 9.47 Å². The van der Waals surface area contributed by atoms with Crippen molar-refractivity contribution < 1.29 is 19.1 Å². The first-order valence-corrected chi connectivity index (χ1v) is 7.32. The lowest BCUT2D eigenvalue weighted by Crippen LogP contribution is -2.42. The molecule has 0 fully saturated rings. The van der Waals surface area contributed by atoms with Crippen LogP contribution in [0.3, 0.4) is 0 Å². The smallest absolute Gasteiger partial charge is 0.411 e. The highest BCUT2D eigenvalue weighted by molar-refractivity contribution is 9.11. The fourth-order valence-corrected chi connectivity index (χ4v) is 3.05. The van der Waals surface area contributed by atoms with Crippen LogP contribution in [0.1, 0.15) is 27.7 Å². The predicted octanol–water partition coefficient (Wildman–Crippen LogP) is 2.76. The molecule has 0 saturated carbocycles. The molecule has 2 bridgehead atoms. The summed E-state index contributed by atoms with van der Waals surface area (Å²) < 4.78 is 11.1. The molecule has 0 spiro atoms. The average molecular weight is 344 g/mol. The highest BCUT2D eigenvalue weighted by Gasteiger charge is 2.48. The molecule has 2 aliphatic rings. The Morgan fingerprint density at radius 1 is 1.30 bits per heavy atom. The van der Waals surface area contributed by atoms with Crippen LogP contribution in [-0.4, -0.2) is 41.3 Å². The molecule has 1 amide bonds. The topological polar surface area (TPSA) is 55.8 Å². The zero-order valence-corrected chi connectivity index (χ0v) is 13.6. The number of nitrogens with zero attached hydrogens (tertiary/aromatic N) is 1. The molecule has 0 saturated heterocycles. The SMILES string of the molecule is CCOC(=O)C1=C(Br)[C@@H]2C=C[C@@H]1N2C(=O)OC(C)(C)C. The number of fused-ring (bicyclic) bond motifs is 2.